The van der Waals surface area contributed by atoms with Gasteiger partial charge in [0.15, 0.2) is 0 Å². The number of benzene rings is 2. The Bertz CT molecular complexity index is 728. The zero-order valence-corrected chi connectivity index (χ0v) is 14.5. The Labute approximate surface area is 148 Å². The Morgan fingerprint density at radius 1 is 1.04 bits per heavy atom. The smallest absolute Gasteiger partial charge is 0.234 e. The maximum atomic E-state index is 11.3. The van der Waals surface area contributed by atoms with E-state index in [2.05, 4.69) is 5.32 Å². The van der Waals surface area contributed by atoms with Crippen LogP contribution in [-0.2, 0) is 11.3 Å². The minimum Gasteiger partial charge on any atom is -0.490 e. The molecule has 0 aliphatic heterocycles. The quantitative estimate of drug-likeness (QED) is 0.750. The third-order valence-corrected chi connectivity index (χ3v) is 3.66. The van der Waals surface area contributed by atoms with Crippen LogP contribution in [0.5, 0.6) is 11.5 Å². The van der Waals surface area contributed by atoms with Crippen LogP contribution in [-0.4, -0.2) is 19.1 Å². The number of amides is 1. The summed E-state index contributed by atoms with van der Waals surface area (Å²) in [5.74, 6) is 1.39. The second-order valence-electron chi connectivity index (χ2n) is 5.67. The number of nitrogens with zero attached hydrogens (tertiary/aromatic N) is 1. The van der Waals surface area contributed by atoms with Gasteiger partial charge in [-0.2, -0.15) is 5.26 Å². The Morgan fingerprint density at radius 3 is 2.32 bits per heavy atom. The Hall–Kier alpha value is -3.00. The Balaban J connectivity index is 1.74. The molecule has 5 heteroatoms. The first-order chi connectivity index (χ1) is 12.1. The minimum absolute atomic E-state index is 0.123. The number of carbonyl (C=O) groups excluding carboxylic acids is 1. The van der Waals surface area contributed by atoms with Gasteiger partial charge in [-0.1, -0.05) is 30.3 Å². The van der Waals surface area contributed by atoms with E-state index < -0.39 is 0 Å². The summed E-state index contributed by atoms with van der Waals surface area (Å²) in [5.41, 5.74) is 3.18. The van der Waals surface area contributed by atoms with E-state index in [0.29, 0.717) is 19.8 Å². The van der Waals surface area contributed by atoms with Gasteiger partial charge in [-0.15, -0.1) is 0 Å². The van der Waals surface area contributed by atoms with Crippen molar-refractivity contribution in [2.75, 3.05) is 13.2 Å². The molecule has 0 radical (unpaired) electrons. The number of carbonyl (C=O) groups is 1. The molecule has 130 valence electrons. The highest BCUT2D eigenvalue weighted by Crippen LogP contribution is 2.22. The predicted molar refractivity (Wildman–Crippen MR) is 95.4 cm³/mol. The van der Waals surface area contributed by atoms with E-state index in [-0.39, 0.29) is 12.3 Å². The SMILES string of the molecule is Cc1cccc(C)c1OCCOc1ccc(CNC(=O)CC#N)cc1. The minimum atomic E-state index is -0.272. The predicted octanol–water partition coefficient (Wildman–Crippen LogP) is 3.29. The summed E-state index contributed by atoms with van der Waals surface area (Å²) in [6.45, 7) is 5.37. The second kappa shape index (κ2) is 9.33. The first-order valence-corrected chi connectivity index (χ1v) is 8.14. The maximum Gasteiger partial charge on any atom is 0.234 e. The fourth-order valence-electron chi connectivity index (χ4n) is 2.37. The van der Waals surface area contributed by atoms with Gasteiger partial charge in [-0.05, 0) is 42.7 Å². The van der Waals surface area contributed by atoms with Crippen molar-refractivity contribution in [2.45, 2.75) is 26.8 Å². The number of aryl methyl sites for hydroxylation is 2. The van der Waals surface area contributed by atoms with Crippen LogP contribution < -0.4 is 14.8 Å². The lowest BCUT2D eigenvalue weighted by Crippen LogP contribution is -2.21. The molecule has 0 unspecified atom stereocenters. The topological polar surface area (TPSA) is 71.3 Å². The van der Waals surface area contributed by atoms with Crippen molar-refractivity contribution in [3.05, 3.63) is 59.2 Å². The molecular formula is C20H22N2O3. The highest BCUT2D eigenvalue weighted by molar-refractivity contribution is 5.77. The zero-order chi connectivity index (χ0) is 18.1. The van der Waals surface area contributed by atoms with Crippen LogP contribution >= 0.6 is 0 Å². The fraction of sp³-hybridized carbons (Fsp3) is 0.300. The summed E-state index contributed by atoms with van der Waals surface area (Å²) in [5, 5.41) is 11.1. The molecule has 0 saturated carbocycles. The van der Waals surface area contributed by atoms with Crippen LogP contribution in [0.25, 0.3) is 0 Å². The van der Waals surface area contributed by atoms with Crippen molar-refractivity contribution in [1.82, 2.24) is 5.32 Å². The monoisotopic (exact) mass is 338 g/mol. The van der Waals surface area contributed by atoms with E-state index >= 15 is 0 Å². The van der Waals surface area contributed by atoms with Crippen LogP contribution in [0.2, 0.25) is 0 Å². The lowest BCUT2D eigenvalue weighted by molar-refractivity contribution is -0.120. The van der Waals surface area contributed by atoms with Crippen LogP contribution in [0.1, 0.15) is 23.1 Å². The molecule has 0 bridgehead atoms. The number of ether oxygens (including phenoxy) is 2. The molecule has 0 saturated heterocycles. The highest BCUT2D eigenvalue weighted by atomic mass is 16.5. The van der Waals surface area contributed by atoms with E-state index in [4.69, 9.17) is 14.7 Å². The van der Waals surface area contributed by atoms with Gasteiger partial charge in [0.05, 0.1) is 6.07 Å². The van der Waals surface area contributed by atoms with Crippen molar-refractivity contribution in [3.8, 4) is 17.6 Å². The Kier molecular flexibility index (Phi) is 6.85. The lowest BCUT2D eigenvalue weighted by atomic mass is 10.1. The average Bonchev–Trinajstić information content (AvgIpc) is 2.60. The standard InChI is InChI=1S/C20H22N2O3/c1-15-4-3-5-16(2)20(15)25-13-12-24-18-8-6-17(7-9-18)14-22-19(23)10-11-21/h3-9H,10,12-14H2,1-2H3,(H,22,23). The van der Waals surface area contributed by atoms with Crippen molar-refractivity contribution in [1.29, 1.82) is 5.26 Å². The first-order valence-electron chi connectivity index (χ1n) is 8.14. The number of rotatable bonds is 8. The van der Waals surface area contributed by atoms with Crippen molar-refractivity contribution in [2.24, 2.45) is 0 Å². The number of para-hydroxylation sites is 1. The first kappa shape index (κ1) is 18.3. The van der Waals surface area contributed by atoms with Crippen LogP contribution in [0.15, 0.2) is 42.5 Å². The molecule has 2 rings (SSSR count). The third-order valence-electron chi connectivity index (χ3n) is 3.66. The van der Waals surface area contributed by atoms with Gasteiger partial charge in [0, 0.05) is 6.54 Å². The van der Waals surface area contributed by atoms with Gasteiger partial charge < -0.3 is 14.8 Å². The molecule has 25 heavy (non-hydrogen) atoms. The number of hydrogen-bond acceptors (Lipinski definition) is 4. The van der Waals surface area contributed by atoms with E-state index in [1.165, 1.54) is 0 Å². The van der Waals surface area contributed by atoms with Gasteiger partial charge in [0.25, 0.3) is 0 Å². The van der Waals surface area contributed by atoms with Crippen molar-refractivity contribution in [3.63, 3.8) is 0 Å². The van der Waals surface area contributed by atoms with E-state index in [9.17, 15) is 4.79 Å². The van der Waals surface area contributed by atoms with Gasteiger partial charge in [-0.25, -0.2) is 0 Å². The molecule has 0 aliphatic rings. The van der Waals surface area contributed by atoms with E-state index in [1.54, 1.807) is 0 Å². The molecule has 5 nitrogen and oxygen atoms in total. The summed E-state index contributed by atoms with van der Waals surface area (Å²) in [7, 11) is 0. The summed E-state index contributed by atoms with van der Waals surface area (Å²) in [6.07, 6.45) is -0.123. The number of nitrogens with one attached hydrogen (secondary N) is 1. The summed E-state index contributed by atoms with van der Waals surface area (Å²) in [6, 6.07) is 15.3. The number of hydrogen-bond donors (Lipinski definition) is 1. The van der Waals surface area contributed by atoms with Crippen LogP contribution in [0.3, 0.4) is 0 Å². The largest absolute Gasteiger partial charge is 0.490 e. The molecule has 1 amide bonds. The van der Waals surface area contributed by atoms with E-state index in [1.807, 2.05) is 62.4 Å². The highest BCUT2D eigenvalue weighted by Gasteiger charge is 2.03. The summed E-state index contributed by atoms with van der Waals surface area (Å²) < 4.78 is 11.5. The zero-order valence-electron chi connectivity index (χ0n) is 14.5. The lowest BCUT2D eigenvalue weighted by Gasteiger charge is -2.12. The van der Waals surface area contributed by atoms with Crippen molar-refractivity contribution >= 4 is 5.91 Å². The molecule has 2 aromatic carbocycles. The van der Waals surface area contributed by atoms with E-state index in [0.717, 1.165) is 28.2 Å². The molecule has 0 aliphatic carbocycles. The van der Waals surface area contributed by atoms with Gasteiger partial charge in [0.2, 0.25) is 5.91 Å². The maximum absolute atomic E-state index is 11.3. The van der Waals surface area contributed by atoms with Gasteiger partial charge >= 0.3 is 0 Å². The normalized spacial score (nSPS) is 9.96. The van der Waals surface area contributed by atoms with Crippen LogP contribution in [0, 0.1) is 25.2 Å². The molecule has 0 spiro atoms. The molecule has 0 fully saturated rings. The summed E-state index contributed by atoms with van der Waals surface area (Å²) in [4.78, 5) is 11.3. The molecule has 0 aromatic heterocycles. The number of nitriles is 1. The fourth-order valence-corrected chi connectivity index (χ4v) is 2.37. The van der Waals surface area contributed by atoms with Crippen molar-refractivity contribution < 1.29 is 14.3 Å². The summed E-state index contributed by atoms with van der Waals surface area (Å²) >= 11 is 0. The second-order valence-corrected chi connectivity index (χ2v) is 5.67. The molecular weight excluding hydrogens is 316 g/mol. The van der Waals surface area contributed by atoms with Gasteiger partial charge in [0.1, 0.15) is 31.1 Å². The molecule has 2 aromatic rings. The molecule has 1 N–H and O–H groups in total. The third kappa shape index (κ3) is 5.85. The Morgan fingerprint density at radius 2 is 1.68 bits per heavy atom. The molecule has 0 atom stereocenters. The average molecular weight is 338 g/mol. The molecule has 0 heterocycles. The van der Waals surface area contributed by atoms with Crippen LogP contribution in [0.4, 0.5) is 0 Å². The van der Waals surface area contributed by atoms with Gasteiger partial charge in [-0.3, -0.25) is 4.79 Å².